The van der Waals surface area contributed by atoms with Crippen LogP contribution in [0.25, 0.3) is 6.08 Å². The van der Waals surface area contributed by atoms with Crippen LogP contribution >= 0.6 is 0 Å². The average Bonchev–Trinajstić information content (AvgIpc) is 2.94. The van der Waals surface area contributed by atoms with Crippen LogP contribution in [-0.4, -0.2) is 0 Å². The van der Waals surface area contributed by atoms with Gasteiger partial charge in [-0.25, -0.2) is 0 Å². The summed E-state index contributed by atoms with van der Waals surface area (Å²) in [4.78, 5) is 0. The molecule has 1 aromatic carbocycles. The Morgan fingerprint density at radius 2 is 1.93 bits per heavy atom. The summed E-state index contributed by atoms with van der Waals surface area (Å²) in [5.74, 6) is 0.829. The van der Waals surface area contributed by atoms with E-state index in [9.17, 15) is 0 Å². The molecule has 1 fully saturated rings. The molecule has 0 aromatic heterocycles. The molecule has 1 aliphatic carbocycles. The van der Waals surface area contributed by atoms with Gasteiger partial charge in [0.05, 0.1) is 0 Å². The lowest BCUT2D eigenvalue weighted by atomic mass is 10.1. The van der Waals surface area contributed by atoms with Gasteiger partial charge in [-0.2, -0.15) is 0 Å². The quantitative estimate of drug-likeness (QED) is 0.650. The summed E-state index contributed by atoms with van der Waals surface area (Å²) in [7, 11) is 0. The van der Waals surface area contributed by atoms with Gasteiger partial charge in [-0.3, -0.25) is 0 Å². The van der Waals surface area contributed by atoms with Crippen LogP contribution in [0.5, 0.6) is 0 Å². The predicted octanol–water partition coefficient (Wildman–Crippen LogP) is 4.06. The first-order chi connectivity index (χ1) is 6.77. The summed E-state index contributed by atoms with van der Waals surface area (Å²) in [6, 6.07) is 10.4. The average molecular weight is 184 g/mol. The largest absolute Gasteiger partial charge is 0.0636 e. The summed E-state index contributed by atoms with van der Waals surface area (Å²) in [6.07, 6.45) is 5.71. The van der Waals surface area contributed by atoms with E-state index in [0.29, 0.717) is 0 Å². The summed E-state index contributed by atoms with van der Waals surface area (Å²) < 4.78 is 0. The molecule has 0 heteroatoms. The second-order valence-corrected chi connectivity index (χ2v) is 4.06. The lowest BCUT2D eigenvalue weighted by molar-refractivity contribution is 1.02. The summed E-state index contributed by atoms with van der Waals surface area (Å²) in [5, 5.41) is 0. The lowest BCUT2D eigenvalue weighted by Gasteiger charge is -1.92. The fourth-order valence-electron chi connectivity index (χ4n) is 1.71. The Morgan fingerprint density at radius 3 is 2.50 bits per heavy atom. The molecular formula is C14H16. The Morgan fingerprint density at radius 1 is 1.29 bits per heavy atom. The van der Waals surface area contributed by atoms with Crippen molar-refractivity contribution in [3.8, 4) is 0 Å². The van der Waals surface area contributed by atoms with Gasteiger partial charge in [0.25, 0.3) is 0 Å². The first kappa shape index (κ1) is 9.26. The van der Waals surface area contributed by atoms with Crippen molar-refractivity contribution < 1.29 is 0 Å². The first-order valence-corrected chi connectivity index (χ1v) is 5.20. The van der Waals surface area contributed by atoms with Gasteiger partial charge >= 0.3 is 0 Å². The van der Waals surface area contributed by atoms with E-state index in [0.717, 1.165) is 5.92 Å². The van der Waals surface area contributed by atoms with Crippen molar-refractivity contribution in [3.05, 3.63) is 53.1 Å². The zero-order valence-corrected chi connectivity index (χ0v) is 8.83. The van der Waals surface area contributed by atoms with Crippen molar-refractivity contribution >= 4 is 6.08 Å². The Hall–Kier alpha value is -1.30. The van der Waals surface area contributed by atoms with E-state index in [4.69, 9.17) is 0 Å². The molecule has 0 nitrogen and oxygen atoms in total. The fourth-order valence-corrected chi connectivity index (χ4v) is 1.71. The molecule has 0 amide bonds. The standard InChI is InChI=1S/C14H16/c1-11(14-10-12(14)2)8-9-13-6-4-3-5-7-13/h3-9,12H,10H2,1-2H3. The number of hydrogen-bond donors (Lipinski definition) is 0. The maximum absolute atomic E-state index is 2.29. The number of allylic oxidation sites excluding steroid dienone is 3. The van der Waals surface area contributed by atoms with Gasteiger partial charge in [-0.1, -0.05) is 60.6 Å². The monoisotopic (exact) mass is 184 g/mol. The molecule has 0 radical (unpaired) electrons. The van der Waals surface area contributed by atoms with Crippen molar-refractivity contribution in [2.45, 2.75) is 20.3 Å². The third kappa shape index (κ3) is 2.14. The van der Waals surface area contributed by atoms with Gasteiger partial charge in [-0.05, 0) is 24.8 Å². The third-order valence-corrected chi connectivity index (χ3v) is 2.79. The number of rotatable bonds is 2. The van der Waals surface area contributed by atoms with Gasteiger partial charge < -0.3 is 0 Å². The van der Waals surface area contributed by atoms with Crippen LogP contribution in [0.1, 0.15) is 25.8 Å². The minimum absolute atomic E-state index is 0.829. The highest BCUT2D eigenvalue weighted by molar-refractivity contribution is 5.54. The van der Waals surface area contributed by atoms with E-state index in [1.165, 1.54) is 17.6 Å². The summed E-state index contributed by atoms with van der Waals surface area (Å²) in [5.41, 5.74) is 4.35. The normalized spacial score (nSPS) is 24.0. The molecule has 0 aliphatic heterocycles. The van der Waals surface area contributed by atoms with Gasteiger partial charge in [-0.15, -0.1) is 0 Å². The lowest BCUT2D eigenvalue weighted by Crippen LogP contribution is -1.71. The highest BCUT2D eigenvalue weighted by atomic mass is 14.3. The van der Waals surface area contributed by atoms with Crippen molar-refractivity contribution in [1.29, 1.82) is 0 Å². The molecular weight excluding hydrogens is 168 g/mol. The van der Waals surface area contributed by atoms with E-state index in [-0.39, 0.29) is 0 Å². The molecule has 1 saturated carbocycles. The second kappa shape index (κ2) is 3.83. The Balaban J connectivity index is 2.08. The fraction of sp³-hybridized carbons (Fsp3) is 0.286. The SMILES string of the molecule is CC(C=Cc1ccccc1)=C1CC1C. The van der Waals surface area contributed by atoms with Crippen molar-refractivity contribution in [1.82, 2.24) is 0 Å². The van der Waals surface area contributed by atoms with Crippen LogP contribution < -0.4 is 0 Å². The van der Waals surface area contributed by atoms with Crippen LogP contribution in [0.15, 0.2) is 47.6 Å². The Labute approximate surface area is 86.0 Å². The molecule has 0 heterocycles. The summed E-state index contributed by atoms with van der Waals surface area (Å²) in [6.45, 7) is 4.49. The number of hydrogen-bond acceptors (Lipinski definition) is 0. The molecule has 1 unspecified atom stereocenters. The minimum atomic E-state index is 0.829. The second-order valence-electron chi connectivity index (χ2n) is 4.06. The maximum atomic E-state index is 2.29. The molecule has 0 saturated heterocycles. The van der Waals surface area contributed by atoms with Gasteiger partial charge in [0.15, 0.2) is 0 Å². The Bertz CT molecular complexity index is 368. The molecule has 2 rings (SSSR count). The van der Waals surface area contributed by atoms with E-state index in [1.807, 2.05) is 6.07 Å². The first-order valence-electron chi connectivity index (χ1n) is 5.20. The predicted molar refractivity (Wildman–Crippen MR) is 62.0 cm³/mol. The maximum Gasteiger partial charge on any atom is -0.0188 e. The van der Waals surface area contributed by atoms with E-state index in [1.54, 1.807) is 5.57 Å². The number of benzene rings is 1. The smallest absolute Gasteiger partial charge is 0.0188 e. The van der Waals surface area contributed by atoms with Gasteiger partial charge in [0, 0.05) is 0 Å². The molecule has 0 spiro atoms. The zero-order chi connectivity index (χ0) is 9.97. The third-order valence-electron chi connectivity index (χ3n) is 2.79. The molecule has 72 valence electrons. The Kier molecular flexibility index (Phi) is 2.53. The van der Waals surface area contributed by atoms with Crippen LogP contribution in [0.2, 0.25) is 0 Å². The van der Waals surface area contributed by atoms with Crippen LogP contribution in [-0.2, 0) is 0 Å². The molecule has 1 aromatic rings. The highest BCUT2D eigenvalue weighted by Crippen LogP contribution is 2.39. The summed E-state index contributed by atoms with van der Waals surface area (Å²) >= 11 is 0. The van der Waals surface area contributed by atoms with Crippen molar-refractivity contribution in [2.75, 3.05) is 0 Å². The van der Waals surface area contributed by atoms with Crippen molar-refractivity contribution in [3.63, 3.8) is 0 Å². The topological polar surface area (TPSA) is 0 Å². The molecule has 0 bridgehead atoms. The molecule has 1 aliphatic rings. The van der Waals surface area contributed by atoms with Crippen LogP contribution in [0.4, 0.5) is 0 Å². The molecule has 1 atom stereocenters. The van der Waals surface area contributed by atoms with Crippen molar-refractivity contribution in [2.24, 2.45) is 5.92 Å². The zero-order valence-electron chi connectivity index (χ0n) is 8.83. The highest BCUT2D eigenvalue weighted by Gasteiger charge is 2.25. The van der Waals surface area contributed by atoms with Gasteiger partial charge in [0.2, 0.25) is 0 Å². The van der Waals surface area contributed by atoms with E-state index in [2.05, 4.69) is 50.3 Å². The van der Waals surface area contributed by atoms with E-state index >= 15 is 0 Å². The minimum Gasteiger partial charge on any atom is -0.0636 e. The van der Waals surface area contributed by atoms with Crippen LogP contribution in [0.3, 0.4) is 0 Å². The van der Waals surface area contributed by atoms with Gasteiger partial charge in [0.1, 0.15) is 0 Å². The van der Waals surface area contributed by atoms with Crippen LogP contribution in [0, 0.1) is 5.92 Å². The molecule has 14 heavy (non-hydrogen) atoms. The van der Waals surface area contributed by atoms with E-state index < -0.39 is 0 Å². The molecule has 0 N–H and O–H groups in total.